The van der Waals surface area contributed by atoms with E-state index in [2.05, 4.69) is 25.1 Å². The summed E-state index contributed by atoms with van der Waals surface area (Å²) in [4.78, 5) is 0. The number of ether oxygens (including phenoxy) is 1. The molecular weight excluding hydrogens is 333 g/mol. The molecular formula is C9H11BiO. The van der Waals surface area contributed by atoms with E-state index >= 15 is 0 Å². The molecule has 0 saturated carbocycles. The number of aryl methyl sites for hydroxylation is 1. The van der Waals surface area contributed by atoms with Crippen LogP contribution >= 0.6 is 0 Å². The van der Waals surface area contributed by atoms with E-state index in [9.17, 15) is 0 Å². The van der Waals surface area contributed by atoms with Gasteiger partial charge in [0.1, 0.15) is 0 Å². The summed E-state index contributed by atoms with van der Waals surface area (Å²) in [6, 6.07) is 6.54. The van der Waals surface area contributed by atoms with Crippen molar-refractivity contribution in [1.29, 1.82) is 0 Å². The van der Waals surface area contributed by atoms with Crippen LogP contribution in [-0.4, -0.2) is 31.8 Å². The Labute approximate surface area is 82.6 Å². The molecule has 0 fully saturated rings. The molecule has 1 nitrogen and oxygen atoms in total. The zero-order valence-electron chi connectivity index (χ0n) is 6.79. The van der Waals surface area contributed by atoms with Crippen molar-refractivity contribution in [1.82, 2.24) is 0 Å². The van der Waals surface area contributed by atoms with Crippen LogP contribution in [-0.2, 0) is 11.3 Å². The van der Waals surface area contributed by atoms with Crippen molar-refractivity contribution in [2.45, 2.75) is 13.5 Å². The third-order valence-corrected chi connectivity index (χ3v) is 2.71. The fraction of sp³-hybridized carbons (Fsp3) is 0.333. The molecule has 2 heteroatoms. The Morgan fingerprint density at radius 1 is 1.45 bits per heavy atom. The summed E-state index contributed by atoms with van der Waals surface area (Å²) in [5.74, 6) is 0. The maximum absolute atomic E-state index is 5.08. The van der Waals surface area contributed by atoms with Gasteiger partial charge < -0.3 is 0 Å². The second-order valence-corrected chi connectivity index (χ2v) is 4.55. The Balaban J connectivity index is 2.93. The third-order valence-electron chi connectivity index (χ3n) is 1.63. The van der Waals surface area contributed by atoms with E-state index < -0.39 is 0 Å². The molecule has 58 valence electrons. The molecule has 0 aliphatic rings. The summed E-state index contributed by atoms with van der Waals surface area (Å²) in [5.41, 5.74) is 2.63. The van der Waals surface area contributed by atoms with Crippen LogP contribution in [0.5, 0.6) is 0 Å². The fourth-order valence-corrected chi connectivity index (χ4v) is 1.86. The van der Waals surface area contributed by atoms with E-state index in [4.69, 9.17) is 4.74 Å². The van der Waals surface area contributed by atoms with Gasteiger partial charge in [-0.3, -0.25) is 0 Å². The number of hydrogen-bond acceptors (Lipinski definition) is 1. The van der Waals surface area contributed by atoms with E-state index in [1.165, 1.54) is 39.1 Å². The summed E-state index contributed by atoms with van der Waals surface area (Å²) < 4.78 is 6.48. The zero-order valence-corrected chi connectivity index (χ0v) is 10.3. The molecule has 0 heterocycles. The van der Waals surface area contributed by atoms with Gasteiger partial charge >= 0.3 is 82.7 Å². The van der Waals surface area contributed by atoms with E-state index in [1.807, 2.05) is 0 Å². The van der Waals surface area contributed by atoms with Crippen molar-refractivity contribution >= 4 is 28.0 Å². The van der Waals surface area contributed by atoms with Crippen LogP contribution in [0.2, 0.25) is 0 Å². The minimum absolute atomic E-state index is 0.734. The van der Waals surface area contributed by atoms with Gasteiger partial charge in [-0.25, -0.2) is 0 Å². The molecule has 0 atom stereocenters. The van der Waals surface area contributed by atoms with Crippen LogP contribution in [0.4, 0.5) is 0 Å². The van der Waals surface area contributed by atoms with E-state index in [0.29, 0.717) is 0 Å². The molecule has 0 aliphatic heterocycles. The Kier molecular flexibility index (Phi) is 3.48. The van der Waals surface area contributed by atoms with Crippen molar-refractivity contribution in [2.24, 2.45) is 0 Å². The van der Waals surface area contributed by atoms with Gasteiger partial charge in [-0.2, -0.15) is 0 Å². The number of benzene rings is 1. The van der Waals surface area contributed by atoms with Crippen LogP contribution in [0, 0.1) is 6.92 Å². The zero-order chi connectivity index (χ0) is 8.27. The number of methoxy groups -OCH3 is 1. The Morgan fingerprint density at radius 2 is 2.18 bits per heavy atom. The molecule has 0 saturated heterocycles. The maximum atomic E-state index is 5.08. The molecule has 0 N–H and O–H groups in total. The first-order valence-corrected chi connectivity index (χ1v) is 5.25. The fourth-order valence-electron chi connectivity index (χ4n) is 0.969. The van der Waals surface area contributed by atoms with Gasteiger partial charge in [-0.05, 0) is 0 Å². The first kappa shape index (κ1) is 9.15. The first-order valence-electron chi connectivity index (χ1n) is 3.51. The molecule has 0 amide bonds. The second-order valence-electron chi connectivity index (χ2n) is 2.54. The van der Waals surface area contributed by atoms with Gasteiger partial charge in [0.2, 0.25) is 0 Å². The molecule has 1 aromatic carbocycles. The van der Waals surface area contributed by atoms with Gasteiger partial charge in [0, 0.05) is 0 Å². The predicted molar refractivity (Wildman–Crippen MR) is 47.3 cm³/mol. The summed E-state index contributed by atoms with van der Waals surface area (Å²) in [5, 5.41) is 0. The van der Waals surface area contributed by atoms with Crippen LogP contribution in [0.3, 0.4) is 0 Å². The monoisotopic (exact) mass is 344 g/mol. The summed E-state index contributed by atoms with van der Waals surface area (Å²) in [7, 11) is 1.73. The molecule has 2 radical (unpaired) electrons. The second kappa shape index (κ2) is 4.18. The summed E-state index contributed by atoms with van der Waals surface area (Å²) in [6.45, 7) is 2.85. The molecule has 0 bridgehead atoms. The molecule has 0 aliphatic carbocycles. The predicted octanol–water partition coefficient (Wildman–Crippen LogP) is 0.935. The Morgan fingerprint density at radius 3 is 2.82 bits per heavy atom. The van der Waals surface area contributed by atoms with Crippen molar-refractivity contribution in [3.8, 4) is 0 Å². The molecule has 1 aromatic rings. The van der Waals surface area contributed by atoms with Crippen LogP contribution < -0.4 is 3.27 Å². The van der Waals surface area contributed by atoms with Crippen LogP contribution in [0.15, 0.2) is 18.2 Å². The van der Waals surface area contributed by atoms with Crippen molar-refractivity contribution in [2.75, 3.05) is 7.11 Å². The van der Waals surface area contributed by atoms with E-state index in [0.717, 1.165) is 6.61 Å². The summed E-state index contributed by atoms with van der Waals surface area (Å²) in [6.07, 6.45) is 0. The Bertz CT molecular complexity index is 245. The number of rotatable bonds is 2. The molecule has 11 heavy (non-hydrogen) atoms. The quantitative estimate of drug-likeness (QED) is 0.726. The van der Waals surface area contributed by atoms with Crippen molar-refractivity contribution < 1.29 is 4.74 Å². The average molecular weight is 344 g/mol. The molecule has 1 rings (SSSR count). The molecule has 0 aromatic heterocycles. The normalized spacial score (nSPS) is 10.1. The summed E-state index contributed by atoms with van der Waals surface area (Å²) >= 11 is 1.32. The Hall–Kier alpha value is 0.0631. The average Bonchev–Trinajstić information content (AvgIpc) is 1.98. The van der Waals surface area contributed by atoms with Crippen molar-refractivity contribution in [3.05, 3.63) is 29.3 Å². The minimum atomic E-state index is 0.734. The van der Waals surface area contributed by atoms with Gasteiger partial charge in [0.05, 0.1) is 0 Å². The van der Waals surface area contributed by atoms with Gasteiger partial charge in [-0.1, -0.05) is 0 Å². The van der Waals surface area contributed by atoms with E-state index in [-0.39, 0.29) is 0 Å². The van der Waals surface area contributed by atoms with Crippen LogP contribution in [0.1, 0.15) is 11.1 Å². The van der Waals surface area contributed by atoms with Gasteiger partial charge in [0.15, 0.2) is 0 Å². The van der Waals surface area contributed by atoms with Gasteiger partial charge in [-0.15, -0.1) is 0 Å². The van der Waals surface area contributed by atoms with Crippen molar-refractivity contribution in [3.63, 3.8) is 0 Å². The number of hydrogen-bond donors (Lipinski definition) is 0. The SMILES string of the molecule is COCc1c[c]([Bi])ccc1C. The first-order chi connectivity index (χ1) is 5.24. The standard InChI is InChI=1S/C9H11O.Bi/c1-8-5-3-4-6-9(8)7-10-2;/h3,5-6H,7H2,1-2H3;. The van der Waals surface area contributed by atoms with Gasteiger partial charge in [0.25, 0.3) is 0 Å². The topological polar surface area (TPSA) is 9.23 Å². The third kappa shape index (κ3) is 2.54. The van der Waals surface area contributed by atoms with E-state index in [1.54, 1.807) is 7.11 Å². The molecule has 0 unspecified atom stereocenters. The van der Waals surface area contributed by atoms with Crippen LogP contribution in [0.25, 0.3) is 0 Å². The molecule has 0 spiro atoms.